The fraction of sp³-hybridized carbons (Fsp3) is 0.176. The van der Waals surface area contributed by atoms with E-state index in [0.29, 0.717) is 11.3 Å². The van der Waals surface area contributed by atoms with Crippen molar-refractivity contribution < 1.29 is 18.7 Å². The Morgan fingerprint density at radius 1 is 1.21 bits per heavy atom. The van der Waals surface area contributed by atoms with Crippen LogP contribution in [0.1, 0.15) is 17.5 Å². The number of para-hydroxylation sites is 2. The van der Waals surface area contributed by atoms with Crippen molar-refractivity contribution >= 4 is 16.9 Å². The van der Waals surface area contributed by atoms with Crippen molar-refractivity contribution in [2.75, 3.05) is 0 Å². The maximum Gasteiger partial charge on any atom is 0.225 e. The predicted molar refractivity (Wildman–Crippen MR) is 83.9 cm³/mol. The molecule has 0 aliphatic carbocycles. The van der Waals surface area contributed by atoms with E-state index in [-0.39, 0.29) is 18.5 Å². The molecule has 1 atom stereocenters. The number of hydrogen-bond donors (Lipinski definition) is 2. The van der Waals surface area contributed by atoms with Crippen LogP contribution in [-0.4, -0.2) is 20.6 Å². The third-order valence-electron chi connectivity index (χ3n) is 3.75. The van der Waals surface area contributed by atoms with Gasteiger partial charge in [-0.1, -0.05) is 18.2 Å². The molecule has 124 valence electrons. The zero-order valence-electron chi connectivity index (χ0n) is 12.6. The van der Waals surface area contributed by atoms with Gasteiger partial charge in [0.1, 0.15) is 5.82 Å². The van der Waals surface area contributed by atoms with Gasteiger partial charge in [0.25, 0.3) is 0 Å². The summed E-state index contributed by atoms with van der Waals surface area (Å²) in [6.45, 7) is 0.0359. The van der Waals surface area contributed by atoms with Crippen LogP contribution in [0.25, 0.3) is 11.0 Å². The summed E-state index contributed by atoms with van der Waals surface area (Å²) < 4.78 is 28.0. The van der Waals surface area contributed by atoms with E-state index in [0.717, 1.165) is 17.6 Å². The smallest absolute Gasteiger partial charge is 0.225 e. The fourth-order valence-corrected chi connectivity index (χ4v) is 2.62. The first-order valence-corrected chi connectivity index (χ1v) is 7.31. The van der Waals surface area contributed by atoms with Gasteiger partial charge in [0.05, 0.1) is 30.1 Å². The summed E-state index contributed by atoms with van der Waals surface area (Å²) in [4.78, 5) is 15.6. The van der Waals surface area contributed by atoms with E-state index in [1.165, 1.54) is 6.07 Å². The lowest BCUT2D eigenvalue weighted by Crippen LogP contribution is -2.19. The van der Waals surface area contributed by atoms with Crippen LogP contribution in [0.4, 0.5) is 8.78 Å². The highest BCUT2D eigenvalue weighted by atomic mass is 19.2. The van der Waals surface area contributed by atoms with Crippen LogP contribution in [0.5, 0.6) is 0 Å². The summed E-state index contributed by atoms with van der Waals surface area (Å²) in [6.07, 6.45) is -1.18. The second-order valence-corrected chi connectivity index (χ2v) is 5.46. The van der Waals surface area contributed by atoms with Crippen molar-refractivity contribution in [2.45, 2.75) is 19.1 Å². The highest BCUT2D eigenvalue weighted by molar-refractivity contribution is 5.80. The summed E-state index contributed by atoms with van der Waals surface area (Å²) in [7, 11) is 0. The summed E-state index contributed by atoms with van der Waals surface area (Å²) in [5.74, 6) is -2.15. The van der Waals surface area contributed by atoms with Gasteiger partial charge in [-0.2, -0.15) is 0 Å². The number of aliphatic hydroxyl groups is 1. The van der Waals surface area contributed by atoms with Crippen molar-refractivity contribution in [2.24, 2.45) is 5.73 Å². The number of aromatic nitrogens is 2. The van der Waals surface area contributed by atoms with E-state index < -0.39 is 23.6 Å². The van der Waals surface area contributed by atoms with E-state index in [1.807, 2.05) is 0 Å². The van der Waals surface area contributed by atoms with E-state index in [1.54, 1.807) is 28.8 Å². The van der Waals surface area contributed by atoms with Crippen molar-refractivity contribution in [1.29, 1.82) is 0 Å². The molecule has 1 aromatic heterocycles. The number of halogens is 2. The summed E-state index contributed by atoms with van der Waals surface area (Å²) in [5, 5.41) is 10.4. The second-order valence-electron chi connectivity index (χ2n) is 5.46. The Morgan fingerprint density at radius 2 is 1.96 bits per heavy atom. The highest BCUT2D eigenvalue weighted by Gasteiger charge is 2.17. The molecular weight excluding hydrogens is 316 g/mol. The number of nitrogens with two attached hydrogens (primary N) is 1. The van der Waals surface area contributed by atoms with Gasteiger partial charge >= 0.3 is 0 Å². The van der Waals surface area contributed by atoms with Gasteiger partial charge in [-0.25, -0.2) is 13.8 Å². The number of rotatable bonds is 5. The average molecular weight is 331 g/mol. The van der Waals surface area contributed by atoms with Crippen LogP contribution in [0.3, 0.4) is 0 Å². The number of amides is 1. The van der Waals surface area contributed by atoms with Crippen molar-refractivity contribution in [3.63, 3.8) is 0 Å². The maximum absolute atomic E-state index is 13.4. The predicted octanol–water partition coefficient (Wildman–Crippen LogP) is 2.08. The SMILES string of the molecule is NC(=O)Cc1nc2ccccc2n1CC(O)c1ccc(F)c(F)c1. The number of benzene rings is 2. The zero-order valence-corrected chi connectivity index (χ0v) is 12.6. The van der Waals surface area contributed by atoms with E-state index in [4.69, 9.17) is 5.73 Å². The first-order chi connectivity index (χ1) is 11.5. The van der Waals surface area contributed by atoms with Crippen molar-refractivity contribution in [1.82, 2.24) is 9.55 Å². The molecule has 0 fully saturated rings. The molecule has 5 nitrogen and oxygen atoms in total. The molecule has 1 heterocycles. The monoisotopic (exact) mass is 331 g/mol. The fourth-order valence-electron chi connectivity index (χ4n) is 2.62. The molecular formula is C17H15F2N3O2. The van der Waals surface area contributed by atoms with Crippen LogP contribution in [0.2, 0.25) is 0 Å². The molecule has 0 saturated heterocycles. The third kappa shape index (κ3) is 3.11. The number of carbonyl (C=O) groups is 1. The average Bonchev–Trinajstić information content (AvgIpc) is 2.87. The molecule has 2 aromatic carbocycles. The van der Waals surface area contributed by atoms with Gasteiger partial charge < -0.3 is 15.4 Å². The quantitative estimate of drug-likeness (QED) is 0.751. The zero-order chi connectivity index (χ0) is 17.3. The van der Waals surface area contributed by atoms with Gasteiger partial charge in [0.15, 0.2) is 11.6 Å². The summed E-state index contributed by atoms with van der Waals surface area (Å²) >= 11 is 0. The van der Waals surface area contributed by atoms with Crippen LogP contribution in [0.15, 0.2) is 42.5 Å². The van der Waals surface area contributed by atoms with Crippen molar-refractivity contribution in [3.05, 3.63) is 65.5 Å². The largest absolute Gasteiger partial charge is 0.387 e. The number of fused-ring (bicyclic) bond motifs is 1. The molecule has 1 amide bonds. The molecule has 0 saturated carbocycles. The first-order valence-electron chi connectivity index (χ1n) is 7.31. The molecule has 3 rings (SSSR count). The molecule has 0 spiro atoms. The first kappa shape index (κ1) is 16.1. The Morgan fingerprint density at radius 3 is 2.67 bits per heavy atom. The molecule has 7 heteroatoms. The molecule has 0 aliphatic rings. The van der Waals surface area contributed by atoms with E-state index in [9.17, 15) is 18.7 Å². The Balaban J connectivity index is 1.98. The molecule has 3 aromatic rings. The standard InChI is InChI=1S/C17H15F2N3O2/c18-11-6-5-10(7-12(11)19)15(23)9-22-14-4-2-1-3-13(14)21-17(22)8-16(20)24/h1-7,15,23H,8-9H2,(H2,20,24). The molecule has 24 heavy (non-hydrogen) atoms. The lowest BCUT2D eigenvalue weighted by Gasteiger charge is -2.15. The normalized spacial score (nSPS) is 12.5. The third-order valence-corrected chi connectivity index (χ3v) is 3.75. The lowest BCUT2D eigenvalue weighted by atomic mass is 10.1. The second kappa shape index (κ2) is 6.37. The number of imidazole rings is 1. The maximum atomic E-state index is 13.4. The molecule has 1 unspecified atom stereocenters. The van der Waals surface area contributed by atoms with Gasteiger partial charge in [-0.3, -0.25) is 4.79 Å². The molecule has 0 bridgehead atoms. The minimum Gasteiger partial charge on any atom is -0.387 e. The van der Waals surface area contributed by atoms with Gasteiger partial charge in [-0.05, 0) is 29.8 Å². The lowest BCUT2D eigenvalue weighted by molar-refractivity contribution is -0.117. The summed E-state index contributed by atoms with van der Waals surface area (Å²) in [6, 6.07) is 10.4. The topological polar surface area (TPSA) is 81.1 Å². The highest BCUT2D eigenvalue weighted by Crippen LogP contribution is 2.23. The molecule has 0 radical (unpaired) electrons. The number of aliphatic hydroxyl groups excluding tert-OH is 1. The van der Waals surface area contributed by atoms with Gasteiger partial charge in [0, 0.05) is 0 Å². The van der Waals surface area contributed by atoms with Gasteiger partial charge in [0.2, 0.25) is 5.91 Å². The number of primary amides is 1. The van der Waals surface area contributed by atoms with Crippen LogP contribution < -0.4 is 5.73 Å². The Bertz CT molecular complexity index is 908. The minimum absolute atomic E-state index is 0.0359. The Labute approximate surface area is 136 Å². The van der Waals surface area contributed by atoms with Crippen LogP contribution in [-0.2, 0) is 17.8 Å². The van der Waals surface area contributed by atoms with Crippen molar-refractivity contribution in [3.8, 4) is 0 Å². The molecule has 0 aliphatic heterocycles. The Kier molecular flexibility index (Phi) is 4.26. The Hall–Kier alpha value is -2.80. The minimum atomic E-state index is -1.09. The van der Waals surface area contributed by atoms with Gasteiger partial charge in [-0.15, -0.1) is 0 Å². The summed E-state index contributed by atoms with van der Waals surface area (Å²) in [5.41, 5.74) is 6.86. The van der Waals surface area contributed by atoms with Crippen LogP contribution >= 0.6 is 0 Å². The van der Waals surface area contributed by atoms with E-state index >= 15 is 0 Å². The number of carbonyl (C=O) groups excluding carboxylic acids is 1. The molecule has 3 N–H and O–H groups in total. The van der Waals surface area contributed by atoms with Crippen LogP contribution in [0, 0.1) is 11.6 Å². The number of hydrogen-bond acceptors (Lipinski definition) is 3. The van der Waals surface area contributed by atoms with E-state index in [2.05, 4.69) is 4.98 Å². The number of nitrogens with zero attached hydrogens (tertiary/aromatic N) is 2.